The van der Waals surface area contributed by atoms with Gasteiger partial charge in [-0.15, -0.1) is 0 Å². The van der Waals surface area contributed by atoms with Crippen molar-refractivity contribution in [3.63, 3.8) is 0 Å². The lowest BCUT2D eigenvalue weighted by atomic mass is 10.2. The summed E-state index contributed by atoms with van der Waals surface area (Å²) in [5.74, 6) is -0.336. The van der Waals surface area contributed by atoms with Crippen molar-refractivity contribution < 1.29 is 18.3 Å². The molecule has 1 aromatic carbocycles. The normalized spacial score (nSPS) is 11.1. The molecule has 0 amide bonds. The maximum atomic E-state index is 12.3. The highest BCUT2D eigenvalue weighted by Gasteiger charge is 2.15. The maximum Gasteiger partial charge on any atom is 0.335 e. The number of nitrogens with one attached hydrogen (secondary N) is 1. The number of aromatic nitrogens is 1. The molecule has 24 heavy (non-hydrogen) atoms. The van der Waals surface area contributed by atoms with Crippen LogP contribution in [0.1, 0.15) is 24.2 Å². The van der Waals surface area contributed by atoms with E-state index in [1.54, 1.807) is 12.1 Å². The zero-order valence-electron chi connectivity index (χ0n) is 13.4. The van der Waals surface area contributed by atoms with E-state index in [1.807, 2.05) is 18.7 Å². The SMILES string of the molecule is CCN(CC)c1ccc(NS(=O)(=O)c2ccc(C(=O)O)cc2)cn1. The smallest absolute Gasteiger partial charge is 0.335 e. The molecule has 1 aromatic heterocycles. The van der Waals surface area contributed by atoms with Crippen LogP contribution in [-0.4, -0.2) is 37.6 Å². The van der Waals surface area contributed by atoms with Gasteiger partial charge in [0.1, 0.15) is 5.82 Å². The van der Waals surface area contributed by atoms with Crippen molar-refractivity contribution in [2.75, 3.05) is 22.7 Å². The number of hydrogen-bond donors (Lipinski definition) is 2. The molecule has 0 radical (unpaired) electrons. The van der Waals surface area contributed by atoms with Crippen LogP contribution in [0.15, 0.2) is 47.5 Å². The fourth-order valence-corrected chi connectivity index (χ4v) is 3.22. The largest absolute Gasteiger partial charge is 0.478 e. The summed E-state index contributed by atoms with van der Waals surface area (Å²) in [6.07, 6.45) is 1.46. The number of hydrogen-bond acceptors (Lipinski definition) is 5. The Morgan fingerprint density at radius 1 is 1.12 bits per heavy atom. The summed E-state index contributed by atoms with van der Waals surface area (Å²) in [4.78, 5) is 17.1. The molecule has 0 saturated heterocycles. The minimum absolute atomic E-state index is 0.0136. The molecule has 0 bridgehead atoms. The van der Waals surface area contributed by atoms with E-state index >= 15 is 0 Å². The molecule has 2 rings (SSSR count). The molecule has 0 aliphatic heterocycles. The first-order valence-corrected chi connectivity index (χ1v) is 8.93. The molecular formula is C16H19N3O4S. The van der Waals surface area contributed by atoms with E-state index < -0.39 is 16.0 Å². The third-order valence-electron chi connectivity index (χ3n) is 3.50. The van der Waals surface area contributed by atoms with E-state index in [4.69, 9.17) is 5.11 Å². The van der Waals surface area contributed by atoms with Crippen molar-refractivity contribution in [3.8, 4) is 0 Å². The van der Waals surface area contributed by atoms with E-state index in [1.165, 1.54) is 30.5 Å². The van der Waals surface area contributed by atoms with Gasteiger partial charge in [-0.25, -0.2) is 18.2 Å². The second-order valence-corrected chi connectivity index (χ2v) is 6.69. The van der Waals surface area contributed by atoms with Crippen LogP contribution in [-0.2, 0) is 10.0 Å². The van der Waals surface area contributed by atoms with E-state index in [0.29, 0.717) is 5.69 Å². The number of carbonyl (C=O) groups is 1. The van der Waals surface area contributed by atoms with Gasteiger partial charge in [0.15, 0.2) is 0 Å². The van der Waals surface area contributed by atoms with Crippen LogP contribution in [0.25, 0.3) is 0 Å². The van der Waals surface area contributed by atoms with Crippen LogP contribution < -0.4 is 9.62 Å². The highest BCUT2D eigenvalue weighted by Crippen LogP contribution is 2.18. The van der Waals surface area contributed by atoms with Crippen LogP contribution in [0.3, 0.4) is 0 Å². The number of nitrogens with zero attached hydrogens (tertiary/aromatic N) is 2. The lowest BCUT2D eigenvalue weighted by Gasteiger charge is -2.19. The number of carboxylic acid groups (broad SMARTS) is 1. The molecule has 0 spiro atoms. The molecule has 7 nitrogen and oxygen atoms in total. The van der Waals surface area contributed by atoms with Gasteiger partial charge in [0, 0.05) is 13.1 Å². The summed E-state index contributed by atoms with van der Waals surface area (Å²) in [6, 6.07) is 8.40. The van der Waals surface area contributed by atoms with Crippen molar-refractivity contribution in [2.24, 2.45) is 0 Å². The molecule has 0 unspecified atom stereocenters. The van der Waals surface area contributed by atoms with Crippen LogP contribution in [0.4, 0.5) is 11.5 Å². The summed E-state index contributed by atoms with van der Waals surface area (Å²) in [5.41, 5.74) is 0.368. The Hall–Kier alpha value is -2.61. The number of carboxylic acids is 1. The molecule has 0 aliphatic rings. The summed E-state index contributed by atoms with van der Waals surface area (Å²) in [5, 5.41) is 8.85. The molecule has 2 N–H and O–H groups in total. The molecule has 0 atom stereocenters. The number of pyridine rings is 1. The molecule has 2 aromatic rings. The quantitative estimate of drug-likeness (QED) is 0.796. The van der Waals surface area contributed by atoms with Gasteiger partial charge in [-0.2, -0.15) is 0 Å². The summed E-state index contributed by atoms with van der Waals surface area (Å²) >= 11 is 0. The summed E-state index contributed by atoms with van der Waals surface area (Å²) in [6.45, 7) is 5.65. The number of rotatable bonds is 7. The third-order valence-corrected chi connectivity index (χ3v) is 4.90. The zero-order chi connectivity index (χ0) is 17.7. The summed E-state index contributed by atoms with van der Waals surface area (Å²) < 4.78 is 27.1. The average Bonchev–Trinajstić information content (AvgIpc) is 2.57. The zero-order valence-corrected chi connectivity index (χ0v) is 14.2. The first-order chi connectivity index (χ1) is 11.4. The highest BCUT2D eigenvalue weighted by atomic mass is 32.2. The minimum atomic E-state index is -3.80. The van der Waals surface area contributed by atoms with Crippen molar-refractivity contribution in [1.29, 1.82) is 0 Å². The van der Waals surface area contributed by atoms with Crippen LogP contribution in [0.2, 0.25) is 0 Å². The van der Waals surface area contributed by atoms with Gasteiger partial charge < -0.3 is 10.0 Å². The fraction of sp³-hybridized carbons (Fsp3) is 0.250. The Morgan fingerprint density at radius 2 is 1.75 bits per heavy atom. The van der Waals surface area contributed by atoms with Crippen molar-refractivity contribution >= 4 is 27.5 Å². The Morgan fingerprint density at radius 3 is 2.21 bits per heavy atom. The van der Waals surface area contributed by atoms with E-state index in [0.717, 1.165) is 18.9 Å². The Kier molecular flexibility index (Phi) is 5.40. The van der Waals surface area contributed by atoms with E-state index in [9.17, 15) is 13.2 Å². The lowest BCUT2D eigenvalue weighted by molar-refractivity contribution is 0.0696. The van der Waals surface area contributed by atoms with E-state index in [2.05, 4.69) is 9.71 Å². The third kappa shape index (κ3) is 4.02. The molecule has 1 heterocycles. The highest BCUT2D eigenvalue weighted by molar-refractivity contribution is 7.92. The van der Waals surface area contributed by atoms with Crippen LogP contribution in [0, 0.1) is 0 Å². The van der Waals surface area contributed by atoms with Gasteiger partial charge in [-0.1, -0.05) is 0 Å². The van der Waals surface area contributed by atoms with Gasteiger partial charge in [-0.3, -0.25) is 4.72 Å². The van der Waals surface area contributed by atoms with Gasteiger partial charge in [0.05, 0.1) is 22.3 Å². The maximum absolute atomic E-state index is 12.3. The van der Waals surface area contributed by atoms with Crippen LogP contribution >= 0.6 is 0 Å². The average molecular weight is 349 g/mol. The standard InChI is InChI=1S/C16H19N3O4S/c1-3-19(4-2)15-10-7-13(11-17-15)18-24(22,23)14-8-5-12(6-9-14)16(20)21/h5-11,18H,3-4H2,1-2H3,(H,20,21). The molecule has 128 valence electrons. The lowest BCUT2D eigenvalue weighted by Crippen LogP contribution is -2.22. The minimum Gasteiger partial charge on any atom is -0.478 e. The van der Waals surface area contributed by atoms with Gasteiger partial charge >= 0.3 is 5.97 Å². The Labute approximate surface area is 141 Å². The molecule has 0 aliphatic carbocycles. The monoisotopic (exact) mass is 349 g/mol. The molecule has 0 saturated carbocycles. The van der Waals surface area contributed by atoms with Gasteiger partial charge in [0.25, 0.3) is 10.0 Å². The van der Waals surface area contributed by atoms with Gasteiger partial charge in [0.2, 0.25) is 0 Å². The van der Waals surface area contributed by atoms with Crippen molar-refractivity contribution in [1.82, 2.24) is 4.98 Å². The second kappa shape index (κ2) is 7.31. The first-order valence-electron chi connectivity index (χ1n) is 7.44. The predicted molar refractivity (Wildman–Crippen MR) is 92.0 cm³/mol. The summed E-state index contributed by atoms with van der Waals surface area (Å²) in [7, 11) is -3.80. The molecular weight excluding hydrogens is 330 g/mol. The van der Waals surface area contributed by atoms with E-state index in [-0.39, 0.29) is 10.5 Å². The number of aromatic carboxylic acids is 1. The number of anilines is 2. The van der Waals surface area contributed by atoms with Gasteiger partial charge in [-0.05, 0) is 50.2 Å². The van der Waals surface area contributed by atoms with Crippen molar-refractivity contribution in [3.05, 3.63) is 48.2 Å². The molecule has 0 fully saturated rings. The van der Waals surface area contributed by atoms with Crippen LogP contribution in [0.5, 0.6) is 0 Å². The Balaban J connectivity index is 2.18. The Bertz CT molecular complexity index is 798. The number of benzene rings is 1. The first kappa shape index (κ1) is 17.7. The topological polar surface area (TPSA) is 99.6 Å². The number of sulfonamides is 1. The van der Waals surface area contributed by atoms with Crippen molar-refractivity contribution in [2.45, 2.75) is 18.7 Å². The predicted octanol–water partition coefficient (Wildman–Crippen LogP) is 2.43. The molecule has 8 heteroatoms. The second-order valence-electron chi connectivity index (χ2n) is 5.01. The fourth-order valence-electron chi connectivity index (χ4n) is 2.17.